The Labute approximate surface area is 131 Å². The summed E-state index contributed by atoms with van der Waals surface area (Å²) in [5.74, 6) is 0.0615. The van der Waals surface area contributed by atoms with Crippen LogP contribution in [0.25, 0.3) is 11.4 Å². The fourth-order valence-corrected chi connectivity index (χ4v) is 2.50. The molecule has 0 aliphatic rings. The first kappa shape index (κ1) is 16.6. The monoisotopic (exact) mass is 340 g/mol. The van der Waals surface area contributed by atoms with Gasteiger partial charge in [0.25, 0.3) is 5.69 Å². The van der Waals surface area contributed by atoms with Crippen LogP contribution in [0.15, 0.2) is 29.2 Å². The fourth-order valence-electron chi connectivity index (χ4n) is 1.79. The number of hydrogen-bond acceptors (Lipinski definition) is 8. The van der Waals surface area contributed by atoms with Gasteiger partial charge >= 0.3 is 0 Å². The predicted molar refractivity (Wildman–Crippen MR) is 78.6 cm³/mol. The van der Waals surface area contributed by atoms with Gasteiger partial charge in [-0.2, -0.15) is 9.97 Å². The number of methoxy groups -OCH3 is 2. The topological polar surface area (TPSA) is 148 Å². The van der Waals surface area contributed by atoms with Gasteiger partial charge in [0.1, 0.15) is 0 Å². The second-order valence-corrected chi connectivity index (χ2v) is 5.79. The largest absolute Gasteiger partial charge is 0.481 e. The van der Waals surface area contributed by atoms with Gasteiger partial charge in [-0.25, -0.2) is 13.6 Å². The molecule has 0 aliphatic heterocycles. The van der Waals surface area contributed by atoms with Crippen molar-refractivity contribution in [3.05, 3.63) is 34.4 Å². The minimum atomic E-state index is -4.15. The molecule has 0 radical (unpaired) electrons. The van der Waals surface area contributed by atoms with Crippen molar-refractivity contribution < 1.29 is 22.8 Å². The third kappa shape index (κ3) is 3.52. The third-order valence-electron chi connectivity index (χ3n) is 2.82. The zero-order chi connectivity index (χ0) is 17.2. The minimum Gasteiger partial charge on any atom is -0.481 e. The summed E-state index contributed by atoms with van der Waals surface area (Å²) >= 11 is 0. The molecule has 0 saturated carbocycles. The van der Waals surface area contributed by atoms with Gasteiger partial charge in [0.05, 0.1) is 30.1 Å². The number of non-ortho nitro benzene ring substituents is 1. The molecule has 10 nitrogen and oxygen atoms in total. The van der Waals surface area contributed by atoms with Crippen molar-refractivity contribution >= 4 is 15.7 Å². The number of nitrogens with zero attached hydrogens (tertiary/aromatic N) is 3. The first-order chi connectivity index (χ1) is 10.8. The molecule has 0 amide bonds. The predicted octanol–water partition coefficient (Wildman–Crippen LogP) is 0.716. The van der Waals surface area contributed by atoms with E-state index >= 15 is 0 Å². The number of nitro groups is 1. The van der Waals surface area contributed by atoms with Crippen LogP contribution < -0.4 is 14.6 Å². The van der Waals surface area contributed by atoms with Crippen molar-refractivity contribution in [2.75, 3.05) is 14.2 Å². The molecular weight excluding hydrogens is 328 g/mol. The van der Waals surface area contributed by atoms with Crippen LogP contribution in [0.2, 0.25) is 0 Å². The lowest BCUT2D eigenvalue weighted by atomic mass is 10.2. The normalized spacial score (nSPS) is 11.1. The third-order valence-corrected chi connectivity index (χ3v) is 3.79. The Morgan fingerprint density at radius 3 is 2.13 bits per heavy atom. The van der Waals surface area contributed by atoms with Crippen LogP contribution in [0.4, 0.5) is 5.69 Å². The smallest absolute Gasteiger partial charge is 0.270 e. The van der Waals surface area contributed by atoms with Gasteiger partial charge in [0.15, 0.2) is 5.82 Å². The number of hydrogen-bond donors (Lipinski definition) is 1. The number of benzene rings is 1. The van der Waals surface area contributed by atoms with Gasteiger partial charge in [0.2, 0.25) is 21.8 Å². The lowest BCUT2D eigenvalue weighted by Gasteiger charge is -2.09. The van der Waals surface area contributed by atoms with Crippen LogP contribution in [0, 0.1) is 10.1 Å². The zero-order valence-electron chi connectivity index (χ0n) is 12.1. The summed E-state index contributed by atoms with van der Waals surface area (Å²) in [6.07, 6.45) is 0. The average molecular weight is 340 g/mol. The van der Waals surface area contributed by atoms with Crippen LogP contribution >= 0.6 is 0 Å². The number of ether oxygens (including phenoxy) is 2. The van der Waals surface area contributed by atoms with E-state index in [1.165, 1.54) is 20.3 Å². The Hall–Kier alpha value is -2.79. The highest BCUT2D eigenvalue weighted by atomic mass is 32.2. The van der Waals surface area contributed by atoms with Crippen molar-refractivity contribution in [3.8, 4) is 23.1 Å². The van der Waals surface area contributed by atoms with Gasteiger partial charge < -0.3 is 9.47 Å². The van der Waals surface area contributed by atoms with E-state index in [4.69, 9.17) is 14.6 Å². The molecule has 0 aliphatic carbocycles. The van der Waals surface area contributed by atoms with Crippen LogP contribution in [0.3, 0.4) is 0 Å². The molecule has 11 heteroatoms. The standard InChI is InChI=1S/C12H12N4O6S/c1-21-10-6-11(22-2)15-12(14-10)8-5-7(16(17)18)3-4-9(8)23(13,19)20/h3-6H,1-2H3,(H2,13,19,20). The quantitative estimate of drug-likeness (QED) is 0.618. The first-order valence-corrected chi connectivity index (χ1v) is 7.59. The summed E-state index contributed by atoms with van der Waals surface area (Å²) < 4.78 is 33.4. The maximum atomic E-state index is 11.7. The van der Waals surface area contributed by atoms with E-state index in [2.05, 4.69) is 9.97 Å². The molecule has 0 saturated heterocycles. The van der Waals surface area contributed by atoms with E-state index in [9.17, 15) is 18.5 Å². The summed E-state index contributed by atoms with van der Waals surface area (Å²) in [6.45, 7) is 0. The van der Waals surface area contributed by atoms with Crippen LogP contribution in [0.1, 0.15) is 0 Å². The maximum absolute atomic E-state index is 11.7. The fraction of sp³-hybridized carbons (Fsp3) is 0.167. The molecule has 23 heavy (non-hydrogen) atoms. The molecule has 122 valence electrons. The molecule has 2 N–H and O–H groups in total. The molecule has 1 aromatic heterocycles. The Kier molecular flexibility index (Phi) is 4.43. The molecule has 0 fully saturated rings. The number of rotatable bonds is 5. The second kappa shape index (κ2) is 6.14. The molecule has 0 bridgehead atoms. The van der Waals surface area contributed by atoms with Gasteiger partial charge in [-0.05, 0) is 6.07 Å². The lowest BCUT2D eigenvalue weighted by molar-refractivity contribution is -0.384. The molecule has 1 heterocycles. The number of nitrogens with two attached hydrogens (primary N) is 1. The average Bonchev–Trinajstić information content (AvgIpc) is 2.52. The van der Waals surface area contributed by atoms with Crippen LogP contribution in [0.5, 0.6) is 11.8 Å². The number of nitro benzene ring substituents is 1. The summed E-state index contributed by atoms with van der Waals surface area (Å²) in [5.41, 5.74) is -0.461. The van der Waals surface area contributed by atoms with E-state index in [-0.39, 0.29) is 33.7 Å². The molecule has 2 rings (SSSR count). The summed E-state index contributed by atoms with van der Waals surface area (Å²) in [7, 11) is -1.45. The highest BCUT2D eigenvalue weighted by Gasteiger charge is 2.22. The SMILES string of the molecule is COc1cc(OC)nc(-c2cc([N+](=O)[O-])ccc2S(N)(=O)=O)n1. The molecule has 1 aromatic carbocycles. The van der Waals surface area contributed by atoms with Crippen molar-refractivity contribution in [1.29, 1.82) is 0 Å². The second-order valence-electron chi connectivity index (χ2n) is 4.26. The first-order valence-electron chi connectivity index (χ1n) is 6.05. The zero-order valence-corrected chi connectivity index (χ0v) is 12.9. The Morgan fingerprint density at radius 1 is 1.13 bits per heavy atom. The van der Waals surface area contributed by atoms with Crippen molar-refractivity contribution in [2.24, 2.45) is 5.14 Å². The highest BCUT2D eigenvalue weighted by molar-refractivity contribution is 7.89. The molecule has 0 unspecified atom stereocenters. The molecule has 2 aromatic rings. The Balaban J connectivity index is 2.79. The summed E-state index contributed by atoms with van der Waals surface area (Å²) in [4.78, 5) is 17.9. The van der Waals surface area contributed by atoms with Crippen molar-refractivity contribution in [2.45, 2.75) is 4.90 Å². The van der Waals surface area contributed by atoms with Gasteiger partial charge in [-0.3, -0.25) is 10.1 Å². The Morgan fingerprint density at radius 2 is 1.70 bits per heavy atom. The van der Waals surface area contributed by atoms with Gasteiger partial charge in [-0.1, -0.05) is 0 Å². The van der Waals surface area contributed by atoms with Gasteiger partial charge in [-0.15, -0.1) is 0 Å². The Bertz CT molecular complexity index is 846. The van der Waals surface area contributed by atoms with E-state index in [0.29, 0.717) is 0 Å². The molecule has 0 spiro atoms. The highest BCUT2D eigenvalue weighted by Crippen LogP contribution is 2.30. The van der Waals surface area contributed by atoms with E-state index in [1.54, 1.807) is 0 Å². The number of primary sulfonamides is 1. The van der Waals surface area contributed by atoms with Crippen LogP contribution in [-0.4, -0.2) is 37.5 Å². The minimum absolute atomic E-state index is 0.0960. The molecular formula is C12H12N4O6S. The van der Waals surface area contributed by atoms with Crippen molar-refractivity contribution in [1.82, 2.24) is 9.97 Å². The van der Waals surface area contributed by atoms with E-state index in [0.717, 1.165) is 18.2 Å². The number of sulfonamides is 1. The van der Waals surface area contributed by atoms with Gasteiger partial charge in [0, 0.05) is 17.7 Å². The molecule has 0 atom stereocenters. The number of aromatic nitrogens is 2. The summed E-state index contributed by atoms with van der Waals surface area (Å²) in [6, 6.07) is 4.45. The maximum Gasteiger partial charge on any atom is 0.270 e. The summed E-state index contributed by atoms with van der Waals surface area (Å²) in [5, 5.41) is 16.1. The van der Waals surface area contributed by atoms with E-state index in [1.807, 2.05) is 0 Å². The van der Waals surface area contributed by atoms with Crippen LogP contribution in [-0.2, 0) is 10.0 Å². The van der Waals surface area contributed by atoms with E-state index < -0.39 is 14.9 Å². The lowest BCUT2D eigenvalue weighted by Crippen LogP contribution is -2.14. The van der Waals surface area contributed by atoms with Crippen molar-refractivity contribution in [3.63, 3.8) is 0 Å².